The summed E-state index contributed by atoms with van der Waals surface area (Å²) in [5.41, 5.74) is 0.202. The molecular weight excluding hydrogens is 626 g/mol. The molecule has 1 aliphatic heterocycles. The predicted octanol–water partition coefficient (Wildman–Crippen LogP) is 7.31. The van der Waals surface area contributed by atoms with E-state index < -0.39 is 45.7 Å². The SMILES string of the molecule is CCS(=O)(=O)N(C[C@H](C1CC1)N1C(=O)[C@@](C)(CC(=O)O)CC(c2cccc(Cl)c2)C1c1ccc(Cl)cc1)c1ccccc1F. The number of aliphatic carboxylic acids is 1. The van der Waals surface area contributed by atoms with Crippen LogP contribution >= 0.6 is 23.2 Å². The maximum Gasteiger partial charge on any atom is 0.304 e. The van der Waals surface area contributed by atoms with Crippen molar-refractivity contribution < 1.29 is 27.5 Å². The Morgan fingerprint density at radius 1 is 1.05 bits per heavy atom. The molecule has 234 valence electrons. The number of amides is 1. The fraction of sp³-hybridized carbons (Fsp3) is 0.394. The van der Waals surface area contributed by atoms with Gasteiger partial charge in [0.15, 0.2) is 0 Å². The average molecular weight is 662 g/mol. The van der Waals surface area contributed by atoms with Crippen molar-refractivity contribution in [3.8, 4) is 0 Å². The summed E-state index contributed by atoms with van der Waals surface area (Å²) in [7, 11) is -3.97. The first-order chi connectivity index (χ1) is 20.8. The second-order valence-electron chi connectivity index (χ2n) is 12.0. The molecule has 3 aromatic carbocycles. The summed E-state index contributed by atoms with van der Waals surface area (Å²) in [6, 6.07) is 18.9. The topological polar surface area (TPSA) is 95.0 Å². The highest BCUT2D eigenvalue weighted by Gasteiger charge is 2.55. The minimum atomic E-state index is -3.97. The van der Waals surface area contributed by atoms with Gasteiger partial charge in [-0.25, -0.2) is 12.8 Å². The molecule has 2 fully saturated rings. The summed E-state index contributed by atoms with van der Waals surface area (Å²) in [6.07, 6.45) is 1.31. The molecule has 0 spiro atoms. The second kappa shape index (κ2) is 12.7. The van der Waals surface area contributed by atoms with E-state index in [4.69, 9.17) is 23.2 Å². The minimum absolute atomic E-state index is 0.0673. The van der Waals surface area contributed by atoms with E-state index in [0.29, 0.717) is 10.0 Å². The number of para-hydroxylation sites is 1. The van der Waals surface area contributed by atoms with Crippen molar-refractivity contribution in [3.63, 3.8) is 0 Å². The molecule has 2 aliphatic rings. The number of hydrogen-bond donors (Lipinski definition) is 1. The van der Waals surface area contributed by atoms with Gasteiger partial charge < -0.3 is 10.0 Å². The molecule has 0 bridgehead atoms. The molecule has 1 saturated heterocycles. The first-order valence-electron chi connectivity index (χ1n) is 14.6. The Morgan fingerprint density at radius 2 is 1.73 bits per heavy atom. The Labute approximate surface area is 267 Å². The maximum absolute atomic E-state index is 15.2. The molecule has 3 aromatic rings. The summed E-state index contributed by atoms with van der Waals surface area (Å²) in [5, 5.41) is 10.9. The van der Waals surface area contributed by atoms with Gasteiger partial charge in [-0.3, -0.25) is 13.9 Å². The number of carboxylic acids is 1. The average Bonchev–Trinajstić information content (AvgIpc) is 3.81. The summed E-state index contributed by atoms with van der Waals surface area (Å²) in [4.78, 5) is 28.6. The predicted molar refractivity (Wildman–Crippen MR) is 170 cm³/mol. The van der Waals surface area contributed by atoms with Gasteiger partial charge in [-0.2, -0.15) is 0 Å². The number of piperidine rings is 1. The molecule has 0 aromatic heterocycles. The molecule has 1 saturated carbocycles. The fourth-order valence-electron chi connectivity index (χ4n) is 6.53. The second-order valence-corrected chi connectivity index (χ2v) is 15.0. The van der Waals surface area contributed by atoms with E-state index in [0.717, 1.165) is 28.3 Å². The number of sulfonamides is 1. The number of rotatable bonds is 11. The lowest BCUT2D eigenvalue weighted by molar-refractivity contribution is -0.160. The molecule has 1 aliphatic carbocycles. The van der Waals surface area contributed by atoms with Crippen molar-refractivity contribution in [2.75, 3.05) is 16.6 Å². The van der Waals surface area contributed by atoms with Crippen molar-refractivity contribution in [2.45, 2.75) is 57.5 Å². The molecule has 1 amide bonds. The van der Waals surface area contributed by atoms with Crippen molar-refractivity contribution in [1.82, 2.24) is 4.90 Å². The minimum Gasteiger partial charge on any atom is -0.481 e. The molecular formula is C33H35Cl2FN2O5S. The van der Waals surface area contributed by atoms with Gasteiger partial charge in [0.1, 0.15) is 5.82 Å². The lowest BCUT2D eigenvalue weighted by Gasteiger charge is -2.52. The maximum atomic E-state index is 15.2. The molecule has 44 heavy (non-hydrogen) atoms. The Hall–Kier alpha value is -3.14. The van der Waals surface area contributed by atoms with Crippen LogP contribution < -0.4 is 4.31 Å². The molecule has 7 nitrogen and oxygen atoms in total. The molecule has 1 N–H and O–H groups in total. The van der Waals surface area contributed by atoms with Crippen LogP contribution in [-0.4, -0.2) is 48.6 Å². The van der Waals surface area contributed by atoms with Crippen molar-refractivity contribution >= 4 is 50.8 Å². The fourth-order valence-corrected chi connectivity index (χ4v) is 8.00. The van der Waals surface area contributed by atoms with E-state index in [-0.39, 0.29) is 42.1 Å². The van der Waals surface area contributed by atoms with Crippen molar-refractivity contribution in [1.29, 1.82) is 0 Å². The first kappa shape index (κ1) is 32.3. The zero-order valence-electron chi connectivity index (χ0n) is 24.5. The number of benzene rings is 3. The van der Waals surface area contributed by atoms with Crippen LogP contribution in [0.5, 0.6) is 0 Å². The lowest BCUT2D eigenvalue weighted by atomic mass is 9.67. The third-order valence-corrected chi connectivity index (χ3v) is 11.1. The van der Waals surface area contributed by atoms with Crippen LogP contribution in [0.25, 0.3) is 0 Å². The Kier molecular flexibility index (Phi) is 9.31. The summed E-state index contributed by atoms with van der Waals surface area (Å²) in [5.74, 6) is -2.90. The highest BCUT2D eigenvalue weighted by Crippen LogP contribution is 2.54. The van der Waals surface area contributed by atoms with Gasteiger partial charge in [0.2, 0.25) is 15.9 Å². The van der Waals surface area contributed by atoms with Crippen LogP contribution in [0.15, 0.2) is 72.8 Å². The number of likely N-dealkylation sites (tertiary alicyclic amines) is 1. The quantitative estimate of drug-likeness (QED) is 0.233. The largest absolute Gasteiger partial charge is 0.481 e. The third-order valence-electron chi connectivity index (χ3n) is 8.83. The van der Waals surface area contributed by atoms with Gasteiger partial charge in [0.05, 0.1) is 41.9 Å². The number of carboxylic acid groups (broad SMARTS) is 1. The van der Waals surface area contributed by atoms with E-state index >= 15 is 4.39 Å². The van der Waals surface area contributed by atoms with Crippen LogP contribution in [0, 0.1) is 17.2 Å². The third kappa shape index (κ3) is 6.60. The van der Waals surface area contributed by atoms with Gasteiger partial charge in [-0.1, -0.05) is 66.5 Å². The Bertz CT molecular complexity index is 1650. The van der Waals surface area contributed by atoms with Crippen molar-refractivity contribution in [2.24, 2.45) is 11.3 Å². The zero-order valence-corrected chi connectivity index (χ0v) is 26.8. The zero-order chi connectivity index (χ0) is 31.8. The van der Waals surface area contributed by atoms with Crippen LogP contribution in [0.4, 0.5) is 10.1 Å². The summed E-state index contributed by atoms with van der Waals surface area (Å²) < 4.78 is 43.3. The van der Waals surface area contributed by atoms with Gasteiger partial charge in [0, 0.05) is 16.0 Å². The standard InChI is InChI=1S/C33H35Cl2FN2O5S/c1-3-44(42,43)37(28-10-5-4-9-27(28)36)20-29(21-11-12-21)38-31(22-13-15-24(34)16-14-22)26(23-7-6-8-25(35)17-23)18-33(2,32(38)41)19-30(39)40/h4-10,13-17,21,26,29,31H,3,11-12,18-20H2,1-2H3,(H,39,40)/t26?,29-,31?,33-/m1/s1. The van der Waals surface area contributed by atoms with Crippen LogP contribution in [0.2, 0.25) is 10.0 Å². The summed E-state index contributed by atoms with van der Waals surface area (Å²) in [6.45, 7) is 2.98. The number of anilines is 1. The lowest BCUT2D eigenvalue weighted by Crippen LogP contribution is -2.59. The molecule has 0 radical (unpaired) electrons. The smallest absolute Gasteiger partial charge is 0.304 e. The number of carbonyl (C=O) groups is 2. The highest BCUT2D eigenvalue weighted by atomic mass is 35.5. The molecule has 1 heterocycles. The van der Waals surface area contributed by atoms with E-state index in [2.05, 4.69) is 0 Å². The normalized spacial score (nSPS) is 22.9. The van der Waals surface area contributed by atoms with Gasteiger partial charge >= 0.3 is 5.97 Å². The van der Waals surface area contributed by atoms with E-state index in [9.17, 15) is 23.1 Å². The monoisotopic (exact) mass is 660 g/mol. The number of nitrogens with zero attached hydrogens (tertiary/aromatic N) is 2. The number of halogens is 3. The number of carbonyl (C=O) groups excluding carboxylic acids is 1. The van der Waals surface area contributed by atoms with Crippen LogP contribution in [-0.2, 0) is 19.6 Å². The molecule has 5 rings (SSSR count). The van der Waals surface area contributed by atoms with E-state index in [1.54, 1.807) is 36.1 Å². The Balaban J connectivity index is 1.72. The summed E-state index contributed by atoms with van der Waals surface area (Å²) >= 11 is 12.7. The Morgan fingerprint density at radius 3 is 2.32 bits per heavy atom. The van der Waals surface area contributed by atoms with Crippen molar-refractivity contribution in [3.05, 3.63) is 99.8 Å². The van der Waals surface area contributed by atoms with E-state index in [1.165, 1.54) is 25.1 Å². The van der Waals surface area contributed by atoms with Gasteiger partial charge in [0.25, 0.3) is 0 Å². The van der Waals surface area contributed by atoms with E-state index in [1.807, 2.05) is 30.3 Å². The molecule has 4 atom stereocenters. The number of hydrogen-bond acceptors (Lipinski definition) is 4. The first-order valence-corrected chi connectivity index (χ1v) is 17.0. The van der Waals surface area contributed by atoms with Crippen LogP contribution in [0.3, 0.4) is 0 Å². The molecule has 2 unspecified atom stereocenters. The van der Waals surface area contributed by atoms with Gasteiger partial charge in [-0.15, -0.1) is 0 Å². The van der Waals surface area contributed by atoms with Gasteiger partial charge in [-0.05, 0) is 79.6 Å². The van der Waals surface area contributed by atoms with Crippen LogP contribution in [0.1, 0.15) is 62.6 Å². The molecule has 11 heteroatoms. The highest BCUT2D eigenvalue weighted by molar-refractivity contribution is 7.92.